The van der Waals surface area contributed by atoms with Crippen LogP contribution in [0, 0.1) is 5.82 Å². The maximum absolute atomic E-state index is 13.0. The van der Waals surface area contributed by atoms with E-state index >= 15 is 0 Å². The van der Waals surface area contributed by atoms with E-state index in [1.807, 2.05) is 19.5 Å². The van der Waals surface area contributed by atoms with E-state index in [2.05, 4.69) is 31.8 Å². The first-order valence-electron chi connectivity index (χ1n) is 8.56. The predicted molar refractivity (Wildman–Crippen MR) is 102 cm³/mol. The third-order valence-corrected chi connectivity index (χ3v) is 4.88. The second-order valence-electron chi connectivity index (χ2n) is 6.36. The highest BCUT2D eigenvalue weighted by atomic mass is 32.1. The molecule has 1 amide bonds. The summed E-state index contributed by atoms with van der Waals surface area (Å²) in [5, 5.41) is 11.0. The van der Waals surface area contributed by atoms with Crippen LogP contribution in [0.5, 0.6) is 0 Å². The van der Waals surface area contributed by atoms with E-state index in [0.717, 1.165) is 0 Å². The molecule has 1 unspecified atom stereocenters. The molecule has 0 aliphatic rings. The number of nitrogens with zero attached hydrogens (tertiary/aromatic N) is 3. The first-order chi connectivity index (χ1) is 13.0. The molecule has 0 bridgehead atoms. The number of aryl methyl sites for hydroxylation is 1. The normalized spacial score (nSPS) is 12.3. The van der Waals surface area contributed by atoms with Crippen LogP contribution in [0.1, 0.15) is 23.9 Å². The van der Waals surface area contributed by atoms with Crippen LogP contribution in [0.4, 0.5) is 4.39 Å². The van der Waals surface area contributed by atoms with Gasteiger partial charge in [0.25, 0.3) is 0 Å². The topological polar surface area (TPSA) is 71.3 Å². The van der Waals surface area contributed by atoms with Crippen LogP contribution < -0.4 is 5.32 Å². The molecule has 3 aromatic rings. The van der Waals surface area contributed by atoms with Crippen LogP contribution in [-0.2, 0) is 11.2 Å². The Labute approximate surface area is 161 Å². The standard InChI is InChI=1S/C19H21FN4O2S/c1-24(2)16(14-9-10-27-12-14)11-21-17(25)7-8-18-22-19(23-26-18)13-3-5-15(20)6-4-13/h3-6,9-10,12,16H,7-8,11H2,1-2H3,(H,21,25). The van der Waals surface area contributed by atoms with Crippen molar-refractivity contribution in [3.63, 3.8) is 0 Å². The van der Waals surface area contributed by atoms with E-state index in [4.69, 9.17) is 4.52 Å². The maximum atomic E-state index is 13.0. The summed E-state index contributed by atoms with van der Waals surface area (Å²) >= 11 is 1.64. The Kier molecular flexibility index (Phi) is 6.31. The van der Waals surface area contributed by atoms with Crippen molar-refractivity contribution in [3.05, 3.63) is 58.4 Å². The van der Waals surface area contributed by atoms with E-state index in [0.29, 0.717) is 30.2 Å². The first kappa shape index (κ1) is 19.2. The van der Waals surface area contributed by atoms with Gasteiger partial charge < -0.3 is 14.7 Å². The van der Waals surface area contributed by atoms with E-state index in [9.17, 15) is 9.18 Å². The first-order valence-corrected chi connectivity index (χ1v) is 9.51. The van der Waals surface area contributed by atoms with Crippen molar-refractivity contribution in [3.8, 4) is 11.4 Å². The number of hydrogen-bond acceptors (Lipinski definition) is 6. The van der Waals surface area contributed by atoms with Gasteiger partial charge in [0.1, 0.15) is 5.82 Å². The van der Waals surface area contributed by atoms with Gasteiger partial charge in [-0.05, 0) is 60.8 Å². The average molecular weight is 388 g/mol. The molecule has 0 aliphatic heterocycles. The van der Waals surface area contributed by atoms with E-state index in [1.165, 1.54) is 17.7 Å². The molecule has 0 saturated heterocycles. The van der Waals surface area contributed by atoms with Gasteiger partial charge in [-0.25, -0.2) is 4.39 Å². The molecule has 2 aromatic heterocycles. The molecular formula is C19H21FN4O2S. The molecule has 3 rings (SSSR count). The molecule has 1 N–H and O–H groups in total. The summed E-state index contributed by atoms with van der Waals surface area (Å²) in [6.07, 6.45) is 0.611. The zero-order chi connectivity index (χ0) is 19.2. The number of nitrogens with one attached hydrogen (secondary N) is 1. The summed E-state index contributed by atoms with van der Waals surface area (Å²) in [6, 6.07) is 8.05. The lowest BCUT2D eigenvalue weighted by Crippen LogP contribution is -2.34. The van der Waals surface area contributed by atoms with Crippen molar-refractivity contribution in [2.75, 3.05) is 20.6 Å². The quantitative estimate of drug-likeness (QED) is 0.641. The fourth-order valence-electron chi connectivity index (χ4n) is 2.66. The molecule has 0 fully saturated rings. The van der Waals surface area contributed by atoms with Crippen molar-refractivity contribution in [2.45, 2.75) is 18.9 Å². The van der Waals surface area contributed by atoms with Crippen LogP contribution >= 0.6 is 11.3 Å². The molecule has 0 spiro atoms. The summed E-state index contributed by atoms with van der Waals surface area (Å²) in [6.45, 7) is 0.535. The molecule has 142 valence electrons. The van der Waals surface area contributed by atoms with Gasteiger partial charge in [-0.15, -0.1) is 0 Å². The molecule has 0 saturated carbocycles. The van der Waals surface area contributed by atoms with E-state index in [-0.39, 0.29) is 24.2 Å². The van der Waals surface area contributed by atoms with E-state index < -0.39 is 0 Å². The second kappa shape index (κ2) is 8.88. The Morgan fingerprint density at radius 2 is 2.07 bits per heavy atom. The minimum atomic E-state index is -0.322. The summed E-state index contributed by atoms with van der Waals surface area (Å²) < 4.78 is 18.2. The van der Waals surface area contributed by atoms with Crippen LogP contribution in [0.15, 0.2) is 45.6 Å². The molecule has 8 heteroatoms. The predicted octanol–water partition coefficient (Wildman–Crippen LogP) is 3.29. The zero-order valence-corrected chi connectivity index (χ0v) is 16.0. The van der Waals surface area contributed by atoms with Gasteiger partial charge in [-0.2, -0.15) is 16.3 Å². The van der Waals surface area contributed by atoms with Crippen molar-refractivity contribution in [1.29, 1.82) is 0 Å². The Morgan fingerprint density at radius 3 is 2.74 bits per heavy atom. The van der Waals surface area contributed by atoms with Crippen LogP contribution in [-0.4, -0.2) is 41.6 Å². The van der Waals surface area contributed by atoms with Crippen molar-refractivity contribution in [1.82, 2.24) is 20.4 Å². The number of aromatic nitrogens is 2. The molecule has 2 heterocycles. The van der Waals surface area contributed by atoms with E-state index in [1.54, 1.807) is 23.5 Å². The fraction of sp³-hybridized carbons (Fsp3) is 0.316. The second-order valence-corrected chi connectivity index (χ2v) is 7.14. The van der Waals surface area contributed by atoms with Gasteiger partial charge in [-0.1, -0.05) is 5.16 Å². The SMILES string of the molecule is CN(C)C(CNC(=O)CCc1nc(-c2ccc(F)cc2)no1)c1ccsc1. The highest BCUT2D eigenvalue weighted by Crippen LogP contribution is 2.20. The number of benzene rings is 1. The van der Waals surface area contributed by atoms with Crippen LogP contribution in [0.25, 0.3) is 11.4 Å². The third-order valence-electron chi connectivity index (χ3n) is 4.18. The minimum Gasteiger partial charge on any atom is -0.354 e. The Hall–Kier alpha value is -2.58. The largest absolute Gasteiger partial charge is 0.354 e. The van der Waals surface area contributed by atoms with Crippen molar-refractivity contribution >= 4 is 17.2 Å². The number of likely N-dealkylation sites (N-methyl/N-ethyl adjacent to an activating group) is 1. The summed E-state index contributed by atoms with van der Waals surface area (Å²) in [7, 11) is 3.98. The summed E-state index contributed by atoms with van der Waals surface area (Å²) in [5.74, 6) is 0.373. The monoisotopic (exact) mass is 388 g/mol. The summed E-state index contributed by atoms with van der Waals surface area (Å²) in [5.41, 5.74) is 1.85. The van der Waals surface area contributed by atoms with Gasteiger partial charge in [0.15, 0.2) is 0 Å². The van der Waals surface area contributed by atoms with Crippen molar-refractivity contribution < 1.29 is 13.7 Å². The minimum absolute atomic E-state index is 0.0707. The Balaban J connectivity index is 1.50. The lowest BCUT2D eigenvalue weighted by Gasteiger charge is -2.23. The van der Waals surface area contributed by atoms with Crippen LogP contribution in [0.3, 0.4) is 0 Å². The lowest BCUT2D eigenvalue weighted by atomic mass is 10.1. The Bertz CT molecular complexity index is 862. The number of rotatable bonds is 8. The number of amides is 1. The average Bonchev–Trinajstić information content (AvgIpc) is 3.33. The molecule has 6 nitrogen and oxygen atoms in total. The lowest BCUT2D eigenvalue weighted by molar-refractivity contribution is -0.121. The number of halogens is 1. The molecular weight excluding hydrogens is 367 g/mol. The smallest absolute Gasteiger partial charge is 0.227 e. The third kappa shape index (κ3) is 5.21. The molecule has 27 heavy (non-hydrogen) atoms. The number of carbonyl (C=O) groups is 1. The summed E-state index contributed by atoms with van der Waals surface area (Å²) in [4.78, 5) is 18.5. The molecule has 1 aromatic carbocycles. The number of thiophene rings is 1. The number of hydrogen-bond donors (Lipinski definition) is 1. The molecule has 1 atom stereocenters. The highest BCUT2D eigenvalue weighted by molar-refractivity contribution is 7.07. The van der Waals surface area contributed by atoms with Crippen LogP contribution in [0.2, 0.25) is 0 Å². The maximum Gasteiger partial charge on any atom is 0.227 e. The molecule has 0 radical (unpaired) electrons. The zero-order valence-electron chi connectivity index (χ0n) is 15.2. The van der Waals surface area contributed by atoms with Gasteiger partial charge in [0.05, 0.1) is 6.04 Å². The number of carbonyl (C=O) groups excluding carboxylic acids is 1. The van der Waals surface area contributed by atoms with Gasteiger partial charge >= 0.3 is 0 Å². The van der Waals surface area contributed by atoms with Gasteiger partial charge in [0.2, 0.25) is 17.6 Å². The van der Waals surface area contributed by atoms with Gasteiger partial charge in [-0.3, -0.25) is 4.79 Å². The highest BCUT2D eigenvalue weighted by Gasteiger charge is 2.16. The fourth-order valence-corrected chi connectivity index (χ4v) is 3.36. The van der Waals surface area contributed by atoms with Gasteiger partial charge in [0, 0.05) is 24.9 Å². The van der Waals surface area contributed by atoms with Crippen molar-refractivity contribution in [2.24, 2.45) is 0 Å². The molecule has 0 aliphatic carbocycles. The Morgan fingerprint density at radius 1 is 1.30 bits per heavy atom.